The number of carbonyl (C=O) groups excluding carboxylic acids is 1. The van der Waals surface area contributed by atoms with Gasteiger partial charge in [0, 0.05) is 26.3 Å². The van der Waals surface area contributed by atoms with Crippen molar-refractivity contribution < 1.29 is 4.79 Å². The molecule has 3 rings (SSSR count). The van der Waals surface area contributed by atoms with Crippen LogP contribution in [0, 0.1) is 19.8 Å². The van der Waals surface area contributed by atoms with Gasteiger partial charge in [0.15, 0.2) is 5.65 Å². The fourth-order valence-corrected chi connectivity index (χ4v) is 2.71. The topological polar surface area (TPSA) is 51.0 Å². The van der Waals surface area contributed by atoms with Crippen molar-refractivity contribution in [3.8, 4) is 0 Å². The molecule has 0 aliphatic heterocycles. The van der Waals surface area contributed by atoms with Crippen LogP contribution in [-0.2, 0) is 7.05 Å². The van der Waals surface area contributed by atoms with E-state index < -0.39 is 0 Å². The summed E-state index contributed by atoms with van der Waals surface area (Å²) in [6.45, 7) is 4.69. The summed E-state index contributed by atoms with van der Waals surface area (Å²) < 4.78 is 1.75. The summed E-state index contributed by atoms with van der Waals surface area (Å²) in [6, 6.07) is 1.88. The lowest BCUT2D eigenvalue weighted by Crippen LogP contribution is -2.29. The number of hydrogen-bond donors (Lipinski definition) is 0. The minimum Gasteiger partial charge on any atom is -0.341 e. The zero-order valence-electron chi connectivity index (χ0n) is 12.5. The van der Waals surface area contributed by atoms with E-state index in [1.165, 1.54) is 12.8 Å². The number of hydrogen-bond acceptors (Lipinski definition) is 3. The van der Waals surface area contributed by atoms with Gasteiger partial charge in [0.25, 0.3) is 5.91 Å². The Labute approximate surface area is 118 Å². The van der Waals surface area contributed by atoms with Crippen molar-refractivity contribution in [2.75, 3.05) is 13.6 Å². The van der Waals surface area contributed by atoms with Crippen LogP contribution >= 0.6 is 0 Å². The van der Waals surface area contributed by atoms with Gasteiger partial charge in [0.05, 0.1) is 16.6 Å². The summed E-state index contributed by atoms with van der Waals surface area (Å²) in [5.41, 5.74) is 3.22. The van der Waals surface area contributed by atoms with Crippen molar-refractivity contribution >= 4 is 16.9 Å². The number of amides is 1. The molecule has 0 radical (unpaired) electrons. The highest BCUT2D eigenvalue weighted by Gasteiger charge is 2.27. The minimum absolute atomic E-state index is 0.0727. The molecule has 0 saturated heterocycles. The van der Waals surface area contributed by atoms with Gasteiger partial charge in [-0.15, -0.1) is 0 Å². The van der Waals surface area contributed by atoms with Crippen molar-refractivity contribution in [3.05, 3.63) is 23.0 Å². The monoisotopic (exact) mass is 272 g/mol. The van der Waals surface area contributed by atoms with Crippen LogP contribution in [-0.4, -0.2) is 39.2 Å². The molecule has 5 heteroatoms. The van der Waals surface area contributed by atoms with Crippen LogP contribution in [0.4, 0.5) is 0 Å². The molecular weight excluding hydrogens is 252 g/mol. The van der Waals surface area contributed by atoms with Crippen LogP contribution < -0.4 is 0 Å². The maximum Gasteiger partial charge on any atom is 0.254 e. The van der Waals surface area contributed by atoms with Crippen molar-refractivity contribution in [1.29, 1.82) is 0 Å². The van der Waals surface area contributed by atoms with Gasteiger partial charge in [0.1, 0.15) is 0 Å². The zero-order valence-corrected chi connectivity index (χ0v) is 12.5. The molecule has 2 aromatic heterocycles. The third-order valence-corrected chi connectivity index (χ3v) is 3.90. The summed E-state index contributed by atoms with van der Waals surface area (Å²) in [4.78, 5) is 19.0. The Balaban J connectivity index is 2.07. The van der Waals surface area contributed by atoms with E-state index >= 15 is 0 Å². The average Bonchev–Trinajstić information content (AvgIpc) is 3.15. The van der Waals surface area contributed by atoms with E-state index in [4.69, 9.17) is 0 Å². The predicted octanol–water partition coefficient (Wildman–Crippen LogP) is 2.07. The van der Waals surface area contributed by atoms with Crippen LogP contribution in [0.25, 0.3) is 11.0 Å². The number of nitrogens with zero attached hydrogens (tertiary/aromatic N) is 4. The lowest BCUT2D eigenvalue weighted by molar-refractivity contribution is 0.0790. The number of carbonyl (C=O) groups is 1. The summed E-state index contributed by atoms with van der Waals surface area (Å²) in [7, 11) is 3.75. The first-order valence-electron chi connectivity index (χ1n) is 7.03. The fourth-order valence-electron chi connectivity index (χ4n) is 2.71. The van der Waals surface area contributed by atoms with Gasteiger partial charge in [-0.1, -0.05) is 0 Å². The fraction of sp³-hybridized carbons (Fsp3) is 0.533. The third kappa shape index (κ3) is 2.17. The Hall–Kier alpha value is -1.91. The summed E-state index contributed by atoms with van der Waals surface area (Å²) in [5.74, 6) is 0.765. The average molecular weight is 272 g/mol. The number of aromatic nitrogens is 3. The molecule has 0 N–H and O–H groups in total. The van der Waals surface area contributed by atoms with Gasteiger partial charge >= 0.3 is 0 Å². The molecule has 1 amide bonds. The summed E-state index contributed by atoms with van der Waals surface area (Å²) in [6.07, 6.45) is 2.49. The van der Waals surface area contributed by atoms with Gasteiger partial charge in [-0.2, -0.15) is 5.10 Å². The van der Waals surface area contributed by atoms with E-state index in [0.29, 0.717) is 5.92 Å². The zero-order chi connectivity index (χ0) is 14.4. The second-order valence-corrected chi connectivity index (χ2v) is 5.85. The number of rotatable bonds is 3. The molecule has 5 nitrogen and oxygen atoms in total. The predicted molar refractivity (Wildman–Crippen MR) is 77.7 cm³/mol. The Kier molecular flexibility index (Phi) is 3.00. The second-order valence-electron chi connectivity index (χ2n) is 5.85. The van der Waals surface area contributed by atoms with E-state index in [1.54, 1.807) is 4.68 Å². The molecule has 1 fully saturated rings. The maximum absolute atomic E-state index is 12.7. The molecule has 0 aromatic carbocycles. The highest BCUT2D eigenvalue weighted by Crippen LogP contribution is 2.30. The molecule has 1 aliphatic carbocycles. The highest BCUT2D eigenvalue weighted by molar-refractivity contribution is 6.06. The van der Waals surface area contributed by atoms with Gasteiger partial charge in [0.2, 0.25) is 0 Å². The van der Waals surface area contributed by atoms with Crippen LogP contribution in [0.3, 0.4) is 0 Å². The first-order valence-corrected chi connectivity index (χ1v) is 7.03. The Morgan fingerprint density at radius 3 is 2.80 bits per heavy atom. The molecule has 20 heavy (non-hydrogen) atoms. The van der Waals surface area contributed by atoms with Gasteiger partial charge in [-0.05, 0) is 38.7 Å². The largest absolute Gasteiger partial charge is 0.341 e. The van der Waals surface area contributed by atoms with Crippen molar-refractivity contribution in [1.82, 2.24) is 19.7 Å². The molecule has 1 aliphatic rings. The first-order chi connectivity index (χ1) is 9.47. The Bertz CT molecular complexity index is 685. The SMILES string of the molecule is Cc1cc(C(=O)N(C)CC2CC2)c2c(C)nn(C)c2n1. The van der Waals surface area contributed by atoms with E-state index in [0.717, 1.165) is 34.5 Å². The summed E-state index contributed by atoms with van der Waals surface area (Å²) >= 11 is 0. The quantitative estimate of drug-likeness (QED) is 0.859. The first kappa shape index (κ1) is 13.1. The molecule has 106 valence electrons. The summed E-state index contributed by atoms with van der Waals surface area (Å²) in [5, 5.41) is 5.27. The lowest BCUT2D eigenvalue weighted by Gasteiger charge is -2.17. The number of aryl methyl sites for hydroxylation is 3. The molecule has 0 unspecified atom stereocenters. The smallest absolute Gasteiger partial charge is 0.254 e. The van der Waals surface area contributed by atoms with Gasteiger partial charge < -0.3 is 4.90 Å². The van der Waals surface area contributed by atoms with E-state index in [9.17, 15) is 4.79 Å². The number of pyridine rings is 1. The van der Waals surface area contributed by atoms with Crippen LogP contribution in [0.2, 0.25) is 0 Å². The van der Waals surface area contributed by atoms with Crippen LogP contribution in [0.15, 0.2) is 6.07 Å². The molecular formula is C15H20N4O. The molecule has 1 saturated carbocycles. The molecule has 0 bridgehead atoms. The highest BCUT2D eigenvalue weighted by atomic mass is 16.2. The number of fused-ring (bicyclic) bond motifs is 1. The maximum atomic E-state index is 12.7. The van der Waals surface area contributed by atoms with Crippen LogP contribution in [0.5, 0.6) is 0 Å². The molecule has 0 spiro atoms. The minimum atomic E-state index is 0.0727. The molecule has 2 aromatic rings. The Morgan fingerprint density at radius 1 is 1.45 bits per heavy atom. The van der Waals surface area contributed by atoms with E-state index in [1.807, 2.05) is 38.9 Å². The van der Waals surface area contributed by atoms with E-state index in [2.05, 4.69) is 10.1 Å². The lowest BCUT2D eigenvalue weighted by atomic mass is 10.1. The molecule has 0 atom stereocenters. The standard InChI is InChI=1S/C15H20N4O/c1-9-7-12(15(20)18(3)8-11-5-6-11)13-10(2)17-19(4)14(13)16-9/h7,11H,5-6,8H2,1-4H3. The van der Waals surface area contributed by atoms with Gasteiger partial charge in [-0.3, -0.25) is 9.48 Å². The third-order valence-electron chi connectivity index (χ3n) is 3.90. The normalized spacial score (nSPS) is 14.8. The van der Waals surface area contributed by atoms with Crippen molar-refractivity contribution in [3.63, 3.8) is 0 Å². The van der Waals surface area contributed by atoms with E-state index in [-0.39, 0.29) is 5.91 Å². The van der Waals surface area contributed by atoms with Crippen molar-refractivity contribution in [2.24, 2.45) is 13.0 Å². The van der Waals surface area contributed by atoms with Crippen molar-refractivity contribution in [2.45, 2.75) is 26.7 Å². The van der Waals surface area contributed by atoms with Crippen LogP contribution in [0.1, 0.15) is 34.6 Å². The second kappa shape index (κ2) is 4.58. The Morgan fingerprint density at radius 2 is 2.15 bits per heavy atom. The van der Waals surface area contributed by atoms with Gasteiger partial charge in [-0.25, -0.2) is 4.98 Å². The molecule has 2 heterocycles.